The molecule has 1 atom stereocenters. The van der Waals surface area contributed by atoms with Crippen molar-refractivity contribution >= 4 is 11.8 Å². The van der Waals surface area contributed by atoms with Gasteiger partial charge in [-0.05, 0) is 30.5 Å². The van der Waals surface area contributed by atoms with Crippen LogP contribution < -0.4 is 5.32 Å². The van der Waals surface area contributed by atoms with Crippen LogP contribution >= 0.6 is 0 Å². The number of piperidine rings is 1. The van der Waals surface area contributed by atoms with Gasteiger partial charge in [-0.2, -0.15) is 0 Å². The molecule has 1 aliphatic heterocycles. The Balaban J connectivity index is 1.60. The number of benzene rings is 2. The third-order valence-electron chi connectivity index (χ3n) is 4.49. The van der Waals surface area contributed by atoms with Crippen LogP contribution in [0.15, 0.2) is 54.6 Å². The molecular formula is C20H21FN2O2. The number of carbonyl (C=O) groups is 2. The molecule has 0 bridgehead atoms. The van der Waals surface area contributed by atoms with Gasteiger partial charge in [-0.1, -0.05) is 42.5 Å². The Morgan fingerprint density at radius 3 is 2.56 bits per heavy atom. The van der Waals surface area contributed by atoms with Gasteiger partial charge in [0.2, 0.25) is 5.91 Å². The van der Waals surface area contributed by atoms with Gasteiger partial charge in [0.25, 0.3) is 5.91 Å². The second kappa shape index (κ2) is 7.92. The monoisotopic (exact) mass is 340 g/mol. The number of hydrogen-bond donors (Lipinski definition) is 1. The van der Waals surface area contributed by atoms with E-state index in [-0.39, 0.29) is 23.3 Å². The van der Waals surface area contributed by atoms with Gasteiger partial charge in [0.1, 0.15) is 5.82 Å². The Kier molecular flexibility index (Phi) is 5.43. The first-order valence-electron chi connectivity index (χ1n) is 8.50. The van der Waals surface area contributed by atoms with Gasteiger partial charge in [-0.25, -0.2) is 4.39 Å². The van der Waals surface area contributed by atoms with Gasteiger partial charge in [0.05, 0.1) is 11.5 Å². The summed E-state index contributed by atoms with van der Waals surface area (Å²) in [7, 11) is 0. The summed E-state index contributed by atoms with van der Waals surface area (Å²) in [4.78, 5) is 26.5. The average molecular weight is 340 g/mol. The second-order valence-corrected chi connectivity index (χ2v) is 6.27. The van der Waals surface area contributed by atoms with Crippen LogP contribution in [0.1, 0.15) is 28.8 Å². The van der Waals surface area contributed by atoms with Crippen LogP contribution in [0.3, 0.4) is 0 Å². The van der Waals surface area contributed by atoms with E-state index in [2.05, 4.69) is 5.32 Å². The van der Waals surface area contributed by atoms with Crippen LogP contribution in [0.5, 0.6) is 0 Å². The minimum absolute atomic E-state index is 0.0603. The Labute approximate surface area is 146 Å². The number of nitrogens with zero attached hydrogens (tertiary/aromatic N) is 1. The van der Waals surface area contributed by atoms with E-state index in [1.54, 1.807) is 17.0 Å². The predicted octanol–water partition coefficient (Wildman–Crippen LogP) is 2.99. The van der Waals surface area contributed by atoms with E-state index in [4.69, 9.17) is 0 Å². The highest BCUT2D eigenvalue weighted by Crippen LogP contribution is 2.20. The van der Waals surface area contributed by atoms with Crippen molar-refractivity contribution in [2.75, 3.05) is 13.1 Å². The van der Waals surface area contributed by atoms with Crippen molar-refractivity contribution in [3.8, 4) is 0 Å². The van der Waals surface area contributed by atoms with E-state index in [1.165, 1.54) is 12.1 Å². The zero-order valence-corrected chi connectivity index (χ0v) is 14.0. The van der Waals surface area contributed by atoms with Gasteiger partial charge in [-0.3, -0.25) is 9.59 Å². The molecule has 0 saturated carbocycles. The highest BCUT2D eigenvalue weighted by molar-refractivity contribution is 5.95. The summed E-state index contributed by atoms with van der Waals surface area (Å²) in [5.74, 6) is -1.19. The molecule has 1 saturated heterocycles. The lowest BCUT2D eigenvalue weighted by Gasteiger charge is -2.32. The SMILES string of the molecule is O=C(NCc1ccccc1)[C@@H]1CCCN(C(=O)c2ccccc2F)C1. The van der Waals surface area contributed by atoms with Crippen LogP contribution in [-0.4, -0.2) is 29.8 Å². The summed E-state index contributed by atoms with van der Waals surface area (Å²) in [6.07, 6.45) is 1.48. The third kappa shape index (κ3) is 4.24. The summed E-state index contributed by atoms with van der Waals surface area (Å²) in [6.45, 7) is 1.35. The minimum atomic E-state index is -0.525. The summed E-state index contributed by atoms with van der Waals surface area (Å²) >= 11 is 0. The van der Waals surface area contributed by atoms with Crippen molar-refractivity contribution in [1.29, 1.82) is 0 Å². The van der Waals surface area contributed by atoms with Gasteiger partial charge in [0, 0.05) is 19.6 Å². The molecule has 0 aliphatic carbocycles. The van der Waals surface area contributed by atoms with Crippen molar-refractivity contribution in [1.82, 2.24) is 10.2 Å². The summed E-state index contributed by atoms with van der Waals surface area (Å²) in [5.41, 5.74) is 1.10. The van der Waals surface area contributed by atoms with Gasteiger partial charge in [-0.15, -0.1) is 0 Å². The van der Waals surface area contributed by atoms with E-state index in [1.807, 2.05) is 30.3 Å². The fourth-order valence-electron chi connectivity index (χ4n) is 3.11. The third-order valence-corrected chi connectivity index (χ3v) is 4.49. The minimum Gasteiger partial charge on any atom is -0.352 e. The lowest BCUT2D eigenvalue weighted by molar-refractivity contribution is -0.126. The van der Waals surface area contributed by atoms with Crippen LogP contribution in [0.25, 0.3) is 0 Å². The molecule has 3 rings (SSSR count). The number of amides is 2. The van der Waals surface area contributed by atoms with Crippen LogP contribution in [-0.2, 0) is 11.3 Å². The smallest absolute Gasteiger partial charge is 0.256 e. The maximum atomic E-state index is 13.8. The van der Waals surface area contributed by atoms with Crippen molar-refractivity contribution in [2.45, 2.75) is 19.4 Å². The molecule has 1 N–H and O–H groups in total. The molecule has 4 nitrogen and oxygen atoms in total. The van der Waals surface area contributed by atoms with Crippen LogP contribution in [0, 0.1) is 11.7 Å². The Morgan fingerprint density at radius 1 is 1.08 bits per heavy atom. The largest absolute Gasteiger partial charge is 0.352 e. The van der Waals surface area contributed by atoms with E-state index >= 15 is 0 Å². The van der Waals surface area contributed by atoms with E-state index < -0.39 is 5.82 Å². The lowest BCUT2D eigenvalue weighted by atomic mass is 9.96. The summed E-state index contributed by atoms with van der Waals surface area (Å²) < 4.78 is 13.8. The Bertz CT molecular complexity index is 748. The summed E-state index contributed by atoms with van der Waals surface area (Å²) in [6, 6.07) is 15.7. The van der Waals surface area contributed by atoms with E-state index in [9.17, 15) is 14.0 Å². The first kappa shape index (κ1) is 17.1. The zero-order valence-electron chi connectivity index (χ0n) is 14.0. The Morgan fingerprint density at radius 2 is 1.80 bits per heavy atom. The van der Waals surface area contributed by atoms with E-state index in [0.717, 1.165) is 18.4 Å². The number of nitrogens with one attached hydrogen (secondary N) is 1. The highest BCUT2D eigenvalue weighted by atomic mass is 19.1. The number of rotatable bonds is 4. The normalized spacial score (nSPS) is 17.2. The summed E-state index contributed by atoms with van der Waals surface area (Å²) in [5, 5.41) is 2.93. The molecule has 0 spiro atoms. The first-order chi connectivity index (χ1) is 12.1. The van der Waals surface area contributed by atoms with Crippen molar-refractivity contribution in [3.63, 3.8) is 0 Å². The molecule has 130 valence electrons. The average Bonchev–Trinajstić information content (AvgIpc) is 2.67. The standard InChI is InChI=1S/C20H21FN2O2/c21-18-11-5-4-10-17(18)20(25)23-12-6-9-16(14-23)19(24)22-13-15-7-2-1-3-8-15/h1-5,7-8,10-11,16H,6,9,12-14H2,(H,22,24)/t16-/m1/s1. The van der Waals surface area contributed by atoms with Gasteiger partial charge < -0.3 is 10.2 Å². The molecule has 25 heavy (non-hydrogen) atoms. The molecule has 1 fully saturated rings. The lowest BCUT2D eigenvalue weighted by Crippen LogP contribution is -2.45. The molecule has 0 unspecified atom stereocenters. The molecule has 2 amide bonds. The molecule has 5 heteroatoms. The molecule has 2 aromatic carbocycles. The van der Waals surface area contributed by atoms with Crippen LogP contribution in [0.4, 0.5) is 4.39 Å². The number of likely N-dealkylation sites (tertiary alicyclic amines) is 1. The fourth-order valence-corrected chi connectivity index (χ4v) is 3.11. The quantitative estimate of drug-likeness (QED) is 0.930. The molecule has 0 radical (unpaired) electrons. The zero-order chi connectivity index (χ0) is 17.6. The number of halogens is 1. The van der Waals surface area contributed by atoms with Gasteiger partial charge in [0.15, 0.2) is 0 Å². The first-order valence-corrected chi connectivity index (χ1v) is 8.50. The maximum Gasteiger partial charge on any atom is 0.256 e. The predicted molar refractivity (Wildman–Crippen MR) is 93.3 cm³/mol. The highest BCUT2D eigenvalue weighted by Gasteiger charge is 2.29. The van der Waals surface area contributed by atoms with Crippen molar-refractivity contribution < 1.29 is 14.0 Å². The van der Waals surface area contributed by atoms with E-state index in [0.29, 0.717) is 19.6 Å². The maximum absolute atomic E-state index is 13.8. The molecule has 2 aromatic rings. The Hall–Kier alpha value is -2.69. The van der Waals surface area contributed by atoms with Crippen LogP contribution in [0.2, 0.25) is 0 Å². The fraction of sp³-hybridized carbons (Fsp3) is 0.300. The second-order valence-electron chi connectivity index (χ2n) is 6.27. The molecule has 0 aromatic heterocycles. The molecule has 1 heterocycles. The number of hydrogen-bond acceptors (Lipinski definition) is 2. The molecule has 1 aliphatic rings. The topological polar surface area (TPSA) is 49.4 Å². The van der Waals surface area contributed by atoms with Crippen molar-refractivity contribution in [2.24, 2.45) is 5.92 Å². The van der Waals surface area contributed by atoms with Gasteiger partial charge >= 0.3 is 0 Å². The molecular weight excluding hydrogens is 319 g/mol. The number of carbonyl (C=O) groups excluding carboxylic acids is 2. The van der Waals surface area contributed by atoms with Crippen molar-refractivity contribution in [3.05, 3.63) is 71.5 Å².